The zero-order chi connectivity index (χ0) is 14.7. The third-order valence-electron chi connectivity index (χ3n) is 3.99. The first kappa shape index (κ1) is 14.4. The molecular formula is C16H21N3OS. The van der Waals surface area contributed by atoms with Crippen LogP contribution < -0.4 is 5.73 Å². The van der Waals surface area contributed by atoms with Crippen LogP contribution in [0, 0.1) is 6.92 Å². The number of thioether (sulfide) groups is 1. The Morgan fingerprint density at radius 1 is 1.29 bits per heavy atom. The first-order valence-electron chi connectivity index (χ1n) is 7.53. The molecule has 0 saturated heterocycles. The highest BCUT2D eigenvalue weighted by molar-refractivity contribution is 7.99. The number of hydrogen-bond donors (Lipinski definition) is 1. The smallest absolute Gasteiger partial charge is 0.257 e. The van der Waals surface area contributed by atoms with Gasteiger partial charge in [0.1, 0.15) is 0 Å². The van der Waals surface area contributed by atoms with E-state index in [0.717, 1.165) is 33.6 Å². The minimum Gasteiger partial charge on any atom is -0.399 e. The van der Waals surface area contributed by atoms with Crippen LogP contribution in [0.15, 0.2) is 22.7 Å². The van der Waals surface area contributed by atoms with E-state index in [1.165, 1.54) is 32.1 Å². The van der Waals surface area contributed by atoms with Crippen molar-refractivity contribution in [2.45, 2.75) is 50.0 Å². The Balaban J connectivity index is 1.63. The van der Waals surface area contributed by atoms with E-state index in [4.69, 9.17) is 10.3 Å². The van der Waals surface area contributed by atoms with Crippen LogP contribution in [0.1, 0.15) is 43.5 Å². The van der Waals surface area contributed by atoms with Gasteiger partial charge in [-0.2, -0.15) is 16.7 Å². The zero-order valence-electron chi connectivity index (χ0n) is 12.3. The first-order valence-corrected chi connectivity index (χ1v) is 8.58. The Hall–Kier alpha value is -1.49. The molecule has 5 heteroatoms. The van der Waals surface area contributed by atoms with E-state index >= 15 is 0 Å². The van der Waals surface area contributed by atoms with Crippen LogP contribution in [0.5, 0.6) is 0 Å². The second-order valence-electron chi connectivity index (χ2n) is 5.66. The number of nitrogens with zero attached hydrogens (tertiary/aromatic N) is 2. The van der Waals surface area contributed by atoms with Crippen LogP contribution in [0.4, 0.5) is 5.69 Å². The maximum absolute atomic E-state index is 5.83. The van der Waals surface area contributed by atoms with Crippen molar-refractivity contribution in [1.29, 1.82) is 0 Å². The molecule has 1 saturated carbocycles. The van der Waals surface area contributed by atoms with Crippen molar-refractivity contribution in [2.75, 3.05) is 5.73 Å². The van der Waals surface area contributed by atoms with Gasteiger partial charge in [-0.15, -0.1) is 0 Å². The molecule has 2 aromatic rings. The van der Waals surface area contributed by atoms with Crippen LogP contribution in [0.2, 0.25) is 0 Å². The fourth-order valence-corrected chi connectivity index (χ4v) is 3.83. The lowest BCUT2D eigenvalue weighted by atomic mass is 10.0. The van der Waals surface area contributed by atoms with Crippen LogP contribution in [0.3, 0.4) is 0 Å². The van der Waals surface area contributed by atoms with Gasteiger partial charge in [-0.05, 0) is 43.5 Å². The average Bonchev–Trinajstić information content (AvgIpc) is 2.98. The lowest BCUT2D eigenvalue weighted by molar-refractivity contribution is 0.425. The predicted octanol–water partition coefficient (Wildman–Crippen LogP) is 4.19. The Labute approximate surface area is 129 Å². The highest BCUT2D eigenvalue weighted by Crippen LogP contribution is 2.30. The van der Waals surface area contributed by atoms with Crippen LogP contribution in [-0.4, -0.2) is 15.4 Å². The second kappa shape index (κ2) is 6.52. The van der Waals surface area contributed by atoms with Gasteiger partial charge >= 0.3 is 0 Å². The van der Waals surface area contributed by atoms with Crippen LogP contribution >= 0.6 is 11.8 Å². The summed E-state index contributed by atoms with van der Waals surface area (Å²) in [5.41, 5.74) is 8.58. The minimum absolute atomic E-state index is 0.581. The summed E-state index contributed by atoms with van der Waals surface area (Å²) in [6.45, 7) is 1.98. The molecule has 21 heavy (non-hydrogen) atoms. The molecule has 1 aromatic heterocycles. The lowest BCUT2D eigenvalue weighted by Gasteiger charge is -2.19. The van der Waals surface area contributed by atoms with Crippen molar-refractivity contribution in [3.05, 3.63) is 29.6 Å². The first-order chi connectivity index (χ1) is 10.2. The van der Waals surface area contributed by atoms with Gasteiger partial charge in [0.05, 0.1) is 5.75 Å². The Bertz CT molecular complexity index is 605. The molecule has 1 aliphatic carbocycles. The topological polar surface area (TPSA) is 64.9 Å². The number of anilines is 1. The maximum atomic E-state index is 5.83. The van der Waals surface area contributed by atoms with E-state index in [0.29, 0.717) is 5.89 Å². The minimum atomic E-state index is 0.581. The Morgan fingerprint density at radius 3 is 2.86 bits per heavy atom. The molecule has 0 spiro atoms. The third kappa shape index (κ3) is 3.59. The summed E-state index contributed by atoms with van der Waals surface area (Å²) >= 11 is 1.96. The average molecular weight is 303 g/mol. The summed E-state index contributed by atoms with van der Waals surface area (Å²) < 4.78 is 5.37. The van der Waals surface area contributed by atoms with E-state index in [9.17, 15) is 0 Å². The second-order valence-corrected chi connectivity index (χ2v) is 6.95. The maximum Gasteiger partial charge on any atom is 0.257 e. The normalized spacial score (nSPS) is 16.2. The van der Waals surface area contributed by atoms with Crippen LogP contribution in [0.25, 0.3) is 11.5 Å². The molecule has 1 aromatic carbocycles. The molecule has 3 rings (SSSR count). The van der Waals surface area contributed by atoms with E-state index in [1.807, 2.05) is 36.9 Å². The SMILES string of the molecule is Cc1cc(-c2nc(CSC3CCCCC3)no2)ccc1N. The van der Waals surface area contributed by atoms with E-state index in [-0.39, 0.29) is 0 Å². The van der Waals surface area contributed by atoms with Gasteiger partial charge in [-0.1, -0.05) is 24.4 Å². The molecule has 0 unspecified atom stereocenters. The van der Waals surface area contributed by atoms with Gasteiger partial charge in [0.15, 0.2) is 5.82 Å². The summed E-state index contributed by atoms with van der Waals surface area (Å²) in [7, 11) is 0. The van der Waals surface area contributed by atoms with Crippen molar-refractivity contribution in [2.24, 2.45) is 0 Å². The molecule has 0 bridgehead atoms. The molecule has 1 aliphatic rings. The largest absolute Gasteiger partial charge is 0.399 e. The summed E-state index contributed by atoms with van der Waals surface area (Å²) in [6, 6.07) is 5.79. The van der Waals surface area contributed by atoms with Gasteiger partial charge in [-0.25, -0.2) is 0 Å². The Kier molecular flexibility index (Phi) is 4.48. The highest BCUT2D eigenvalue weighted by atomic mass is 32.2. The van der Waals surface area contributed by atoms with Crippen molar-refractivity contribution in [3.63, 3.8) is 0 Å². The number of nitrogen functional groups attached to an aromatic ring is 1. The summed E-state index contributed by atoms with van der Waals surface area (Å²) in [5.74, 6) is 2.20. The standard InChI is InChI=1S/C16H21N3OS/c1-11-9-12(7-8-14(11)17)16-18-15(19-20-16)10-21-13-5-3-2-4-6-13/h7-9,13H,2-6,10,17H2,1H3. The number of nitrogens with two attached hydrogens (primary N) is 1. The van der Waals surface area contributed by atoms with E-state index < -0.39 is 0 Å². The molecular weight excluding hydrogens is 282 g/mol. The molecule has 0 atom stereocenters. The molecule has 1 heterocycles. The number of rotatable bonds is 4. The van der Waals surface area contributed by atoms with E-state index in [1.54, 1.807) is 0 Å². The number of benzene rings is 1. The summed E-state index contributed by atoms with van der Waals surface area (Å²) in [4.78, 5) is 4.50. The predicted molar refractivity (Wildman–Crippen MR) is 87.1 cm³/mol. The third-order valence-corrected chi connectivity index (χ3v) is 5.35. The molecule has 112 valence electrons. The van der Waals surface area contributed by atoms with Gasteiger partial charge in [0, 0.05) is 16.5 Å². The molecule has 2 N–H and O–H groups in total. The van der Waals surface area contributed by atoms with Crippen molar-refractivity contribution in [3.8, 4) is 11.5 Å². The molecule has 4 nitrogen and oxygen atoms in total. The van der Waals surface area contributed by atoms with Crippen LogP contribution in [-0.2, 0) is 5.75 Å². The highest BCUT2D eigenvalue weighted by Gasteiger charge is 2.16. The summed E-state index contributed by atoms with van der Waals surface area (Å²) in [6.07, 6.45) is 6.76. The van der Waals surface area contributed by atoms with Gasteiger partial charge < -0.3 is 10.3 Å². The fraction of sp³-hybridized carbons (Fsp3) is 0.500. The monoisotopic (exact) mass is 303 g/mol. The number of aromatic nitrogens is 2. The lowest BCUT2D eigenvalue weighted by Crippen LogP contribution is -2.08. The Morgan fingerprint density at radius 2 is 2.10 bits per heavy atom. The van der Waals surface area contributed by atoms with Crippen molar-refractivity contribution >= 4 is 17.4 Å². The molecule has 0 radical (unpaired) electrons. The molecule has 0 amide bonds. The van der Waals surface area contributed by atoms with Gasteiger partial charge in [-0.3, -0.25) is 0 Å². The molecule has 1 fully saturated rings. The zero-order valence-corrected chi connectivity index (χ0v) is 13.2. The number of hydrogen-bond acceptors (Lipinski definition) is 5. The number of aryl methyl sites for hydroxylation is 1. The summed E-state index contributed by atoms with van der Waals surface area (Å²) in [5, 5.41) is 4.85. The van der Waals surface area contributed by atoms with Gasteiger partial charge in [0.2, 0.25) is 0 Å². The molecule has 0 aliphatic heterocycles. The van der Waals surface area contributed by atoms with Crippen molar-refractivity contribution < 1.29 is 4.52 Å². The van der Waals surface area contributed by atoms with Crippen molar-refractivity contribution in [1.82, 2.24) is 10.1 Å². The fourth-order valence-electron chi connectivity index (χ4n) is 2.66. The van der Waals surface area contributed by atoms with Gasteiger partial charge in [0.25, 0.3) is 5.89 Å². The quantitative estimate of drug-likeness (QED) is 0.858. The van der Waals surface area contributed by atoms with E-state index in [2.05, 4.69) is 10.1 Å².